The Kier molecular flexibility index (Phi) is 3.74. The molecule has 17 heavy (non-hydrogen) atoms. The minimum Gasteiger partial charge on any atom is -0.391 e. The summed E-state index contributed by atoms with van der Waals surface area (Å²) in [5.74, 6) is -0.272. The summed E-state index contributed by atoms with van der Waals surface area (Å²) < 4.78 is 13.3. The van der Waals surface area contributed by atoms with Crippen molar-refractivity contribution in [3.63, 3.8) is 0 Å². The maximum atomic E-state index is 13.3. The number of nitrogens with zero attached hydrogens (tertiary/aromatic N) is 1. The van der Waals surface area contributed by atoms with Crippen LogP contribution >= 0.6 is 0 Å². The smallest absolute Gasteiger partial charge is 0.222 e. The SMILES string of the molecule is O=C(CCc1ccccc1F)N1CCC(O)C1. The second kappa shape index (κ2) is 5.27. The summed E-state index contributed by atoms with van der Waals surface area (Å²) in [6.45, 7) is 1.02. The molecule has 0 radical (unpaired) electrons. The molecule has 1 aromatic carbocycles. The number of β-amino-alcohol motifs (C(OH)–C–C–N with tert-alkyl or cyclic N) is 1. The van der Waals surface area contributed by atoms with Gasteiger partial charge in [0.2, 0.25) is 5.91 Å². The Balaban J connectivity index is 1.86. The number of amides is 1. The number of carbonyl (C=O) groups excluding carboxylic acids is 1. The van der Waals surface area contributed by atoms with E-state index in [1.807, 2.05) is 0 Å². The highest BCUT2D eigenvalue weighted by Gasteiger charge is 2.24. The fourth-order valence-electron chi connectivity index (χ4n) is 2.07. The van der Waals surface area contributed by atoms with Crippen molar-refractivity contribution in [2.75, 3.05) is 13.1 Å². The second-order valence-electron chi connectivity index (χ2n) is 4.37. The lowest BCUT2D eigenvalue weighted by atomic mass is 10.1. The molecule has 1 aromatic rings. The highest BCUT2D eigenvalue weighted by Crippen LogP contribution is 2.13. The largest absolute Gasteiger partial charge is 0.391 e. The summed E-state index contributed by atoms with van der Waals surface area (Å²) in [4.78, 5) is 13.4. The summed E-state index contributed by atoms with van der Waals surface area (Å²) in [5, 5.41) is 9.32. The minimum absolute atomic E-state index is 0.00944. The lowest BCUT2D eigenvalue weighted by Gasteiger charge is -2.15. The quantitative estimate of drug-likeness (QED) is 0.862. The molecule has 4 heteroatoms. The highest BCUT2D eigenvalue weighted by atomic mass is 19.1. The van der Waals surface area contributed by atoms with Crippen LogP contribution in [0.25, 0.3) is 0 Å². The summed E-state index contributed by atoms with van der Waals surface area (Å²) >= 11 is 0. The zero-order valence-corrected chi connectivity index (χ0v) is 9.60. The number of hydrogen-bond acceptors (Lipinski definition) is 2. The number of aliphatic hydroxyl groups excluding tert-OH is 1. The predicted octanol–water partition coefficient (Wildman–Crippen LogP) is 1.35. The Morgan fingerprint density at radius 1 is 1.47 bits per heavy atom. The Labute approximate surface area is 99.9 Å². The van der Waals surface area contributed by atoms with Gasteiger partial charge in [0.05, 0.1) is 6.10 Å². The summed E-state index contributed by atoms with van der Waals surface area (Å²) in [6, 6.07) is 6.50. The third-order valence-electron chi connectivity index (χ3n) is 3.08. The van der Waals surface area contributed by atoms with Gasteiger partial charge in [0.25, 0.3) is 0 Å². The molecule has 0 aromatic heterocycles. The Morgan fingerprint density at radius 3 is 2.88 bits per heavy atom. The van der Waals surface area contributed by atoms with Gasteiger partial charge < -0.3 is 10.0 Å². The molecule has 1 amide bonds. The molecule has 1 heterocycles. The monoisotopic (exact) mass is 237 g/mol. The van der Waals surface area contributed by atoms with Gasteiger partial charge in [-0.15, -0.1) is 0 Å². The predicted molar refractivity (Wildman–Crippen MR) is 61.9 cm³/mol. The van der Waals surface area contributed by atoms with Crippen molar-refractivity contribution in [3.05, 3.63) is 35.6 Å². The minimum atomic E-state index is -0.396. The van der Waals surface area contributed by atoms with E-state index in [9.17, 15) is 14.3 Å². The second-order valence-corrected chi connectivity index (χ2v) is 4.37. The van der Waals surface area contributed by atoms with Crippen LogP contribution < -0.4 is 0 Å². The fourth-order valence-corrected chi connectivity index (χ4v) is 2.07. The lowest BCUT2D eigenvalue weighted by Crippen LogP contribution is -2.29. The highest BCUT2D eigenvalue weighted by molar-refractivity contribution is 5.76. The average Bonchev–Trinajstić information content (AvgIpc) is 2.74. The first-order chi connectivity index (χ1) is 8.16. The molecule has 0 aliphatic carbocycles. The first-order valence-electron chi connectivity index (χ1n) is 5.86. The summed E-state index contributed by atoms with van der Waals surface area (Å²) in [5.41, 5.74) is 0.570. The molecule has 0 spiro atoms. The molecule has 1 N–H and O–H groups in total. The van der Waals surface area contributed by atoms with Crippen molar-refractivity contribution < 1.29 is 14.3 Å². The molecule has 1 aliphatic heterocycles. The normalized spacial score (nSPS) is 19.6. The van der Waals surface area contributed by atoms with Crippen LogP contribution in [0.2, 0.25) is 0 Å². The van der Waals surface area contributed by atoms with Crippen LogP contribution in [0.5, 0.6) is 0 Å². The van der Waals surface area contributed by atoms with E-state index < -0.39 is 6.10 Å². The van der Waals surface area contributed by atoms with Gasteiger partial charge in [-0.05, 0) is 24.5 Å². The number of rotatable bonds is 3. The van der Waals surface area contributed by atoms with Gasteiger partial charge in [-0.1, -0.05) is 18.2 Å². The zero-order valence-electron chi connectivity index (χ0n) is 9.60. The van der Waals surface area contributed by atoms with Gasteiger partial charge in [0.15, 0.2) is 0 Å². The van der Waals surface area contributed by atoms with Crippen molar-refractivity contribution in [1.29, 1.82) is 0 Å². The van der Waals surface area contributed by atoms with Gasteiger partial charge in [-0.25, -0.2) is 4.39 Å². The molecule has 1 saturated heterocycles. The molecule has 3 nitrogen and oxygen atoms in total. The summed E-state index contributed by atoms with van der Waals surface area (Å²) in [7, 11) is 0. The molecule has 0 saturated carbocycles. The number of aliphatic hydroxyl groups is 1. The molecular weight excluding hydrogens is 221 g/mol. The Bertz CT molecular complexity index is 408. The first kappa shape index (κ1) is 12.0. The maximum absolute atomic E-state index is 13.3. The molecule has 92 valence electrons. The van der Waals surface area contributed by atoms with Crippen molar-refractivity contribution in [2.45, 2.75) is 25.4 Å². The van der Waals surface area contributed by atoms with Gasteiger partial charge in [0, 0.05) is 19.5 Å². The fraction of sp³-hybridized carbons (Fsp3) is 0.462. The molecule has 1 unspecified atom stereocenters. The molecule has 1 fully saturated rings. The third-order valence-corrected chi connectivity index (χ3v) is 3.08. The molecule has 0 bridgehead atoms. The topological polar surface area (TPSA) is 40.5 Å². The van der Waals surface area contributed by atoms with E-state index in [-0.39, 0.29) is 11.7 Å². The molecular formula is C13H16FNO2. The van der Waals surface area contributed by atoms with Crippen molar-refractivity contribution in [2.24, 2.45) is 0 Å². The van der Waals surface area contributed by atoms with Gasteiger partial charge >= 0.3 is 0 Å². The number of carbonyl (C=O) groups is 1. The standard InChI is InChI=1S/C13H16FNO2/c14-12-4-2-1-3-10(12)5-6-13(17)15-8-7-11(16)9-15/h1-4,11,16H,5-9H2. The van der Waals surface area contributed by atoms with Crippen LogP contribution in [0.3, 0.4) is 0 Å². The van der Waals surface area contributed by atoms with Crippen LogP contribution in [0.15, 0.2) is 24.3 Å². The van der Waals surface area contributed by atoms with Crippen LogP contribution in [0.4, 0.5) is 4.39 Å². The van der Waals surface area contributed by atoms with E-state index >= 15 is 0 Å². The summed E-state index contributed by atoms with van der Waals surface area (Å²) in [6.07, 6.45) is 0.962. The molecule has 1 aliphatic rings. The number of halogens is 1. The number of hydrogen-bond donors (Lipinski definition) is 1. The van der Waals surface area contributed by atoms with Crippen molar-refractivity contribution >= 4 is 5.91 Å². The van der Waals surface area contributed by atoms with Crippen molar-refractivity contribution in [1.82, 2.24) is 4.90 Å². The van der Waals surface area contributed by atoms with E-state index in [1.165, 1.54) is 6.07 Å². The first-order valence-corrected chi connectivity index (χ1v) is 5.86. The number of benzene rings is 1. The number of likely N-dealkylation sites (tertiary alicyclic amines) is 1. The number of aryl methyl sites for hydroxylation is 1. The van der Waals surface area contributed by atoms with E-state index in [4.69, 9.17) is 0 Å². The van der Waals surface area contributed by atoms with Gasteiger partial charge in [-0.2, -0.15) is 0 Å². The Hall–Kier alpha value is -1.42. The lowest BCUT2D eigenvalue weighted by molar-refractivity contribution is -0.130. The van der Waals surface area contributed by atoms with Gasteiger partial charge in [0.1, 0.15) is 5.82 Å². The van der Waals surface area contributed by atoms with E-state index in [0.717, 1.165) is 0 Å². The Morgan fingerprint density at radius 2 is 2.24 bits per heavy atom. The van der Waals surface area contributed by atoms with Crippen LogP contribution in [0, 0.1) is 5.82 Å². The van der Waals surface area contributed by atoms with Gasteiger partial charge in [-0.3, -0.25) is 4.79 Å². The molecule has 1 atom stereocenters. The maximum Gasteiger partial charge on any atom is 0.222 e. The van der Waals surface area contributed by atoms with Crippen LogP contribution in [-0.4, -0.2) is 35.1 Å². The zero-order chi connectivity index (χ0) is 12.3. The van der Waals surface area contributed by atoms with E-state index in [2.05, 4.69) is 0 Å². The van der Waals surface area contributed by atoms with Crippen LogP contribution in [0.1, 0.15) is 18.4 Å². The molecule has 2 rings (SSSR count). The third kappa shape index (κ3) is 3.03. The average molecular weight is 237 g/mol. The van der Waals surface area contributed by atoms with Crippen LogP contribution in [-0.2, 0) is 11.2 Å². The van der Waals surface area contributed by atoms with E-state index in [0.29, 0.717) is 37.9 Å². The van der Waals surface area contributed by atoms with Crippen molar-refractivity contribution in [3.8, 4) is 0 Å². The van der Waals surface area contributed by atoms with E-state index in [1.54, 1.807) is 23.1 Å².